The zero-order valence-electron chi connectivity index (χ0n) is 26.9. The van der Waals surface area contributed by atoms with E-state index in [0.717, 1.165) is 16.7 Å². The highest BCUT2D eigenvalue weighted by Crippen LogP contribution is 2.51. The van der Waals surface area contributed by atoms with Crippen LogP contribution < -0.4 is 5.32 Å². The molecule has 5 aromatic carbocycles. The number of hydrogen-bond acceptors (Lipinski definition) is 8. The number of nitrogens with one attached hydrogen (secondary N) is 1. The van der Waals surface area contributed by atoms with Crippen molar-refractivity contribution in [1.82, 2.24) is 10.2 Å². The fraction of sp³-hybridized carbons (Fsp3) is 0.175. The van der Waals surface area contributed by atoms with Crippen molar-refractivity contribution in [2.75, 3.05) is 13.1 Å². The summed E-state index contributed by atoms with van der Waals surface area (Å²) >= 11 is 1.87. The second-order valence-electron chi connectivity index (χ2n) is 12.3. The summed E-state index contributed by atoms with van der Waals surface area (Å²) in [7, 11) is 0. The molecule has 7 rings (SSSR count). The normalized spacial score (nSPS) is 17.7. The Hall–Kier alpha value is -5.58. The molecule has 3 unspecified atom stereocenters. The van der Waals surface area contributed by atoms with Gasteiger partial charge in [-0.1, -0.05) is 109 Å². The first-order valence-electron chi connectivity index (χ1n) is 16.3. The fourth-order valence-corrected chi connectivity index (χ4v) is 8.63. The van der Waals surface area contributed by atoms with Gasteiger partial charge in [-0.25, -0.2) is 4.79 Å². The number of carbonyl (C=O) groups excluding carboxylic acids is 3. The number of nitro groups is 1. The van der Waals surface area contributed by atoms with Gasteiger partial charge in [-0.15, -0.1) is 11.8 Å². The van der Waals surface area contributed by atoms with Crippen molar-refractivity contribution < 1.29 is 24.0 Å². The first-order valence-corrected chi connectivity index (χ1v) is 17.2. The van der Waals surface area contributed by atoms with E-state index < -0.39 is 33.7 Å². The van der Waals surface area contributed by atoms with Gasteiger partial charge >= 0.3 is 12.2 Å². The summed E-state index contributed by atoms with van der Waals surface area (Å²) in [6.45, 7) is 0.845. The minimum absolute atomic E-state index is 0.0518. The SMILES string of the molecule is O=C(OC(c1ccccc1)[N+](=O)[O-])c1ccc2c(c1)C(=O)N(CC1CC(SC(c3ccccc3)(c3ccccc3)c3ccccc3)CN1)C2=O. The molecule has 0 bridgehead atoms. The smallest absolute Gasteiger partial charge is 0.383 e. The van der Waals surface area contributed by atoms with Crippen molar-refractivity contribution in [3.05, 3.63) is 189 Å². The molecule has 50 heavy (non-hydrogen) atoms. The lowest BCUT2D eigenvalue weighted by atomic mass is 9.84. The third kappa shape index (κ3) is 6.31. The van der Waals surface area contributed by atoms with Crippen LogP contribution in [0.25, 0.3) is 0 Å². The Morgan fingerprint density at radius 3 is 1.86 bits per heavy atom. The van der Waals surface area contributed by atoms with Crippen LogP contribution in [0.5, 0.6) is 0 Å². The highest BCUT2D eigenvalue weighted by molar-refractivity contribution is 8.01. The Bertz CT molecular complexity index is 1930. The van der Waals surface area contributed by atoms with Gasteiger partial charge in [-0.05, 0) is 53.4 Å². The van der Waals surface area contributed by atoms with E-state index in [4.69, 9.17) is 4.74 Å². The molecule has 1 N–H and O–H groups in total. The van der Waals surface area contributed by atoms with E-state index >= 15 is 0 Å². The zero-order valence-corrected chi connectivity index (χ0v) is 27.7. The van der Waals surface area contributed by atoms with E-state index in [-0.39, 0.29) is 40.1 Å². The topological polar surface area (TPSA) is 119 Å². The van der Waals surface area contributed by atoms with Crippen molar-refractivity contribution in [3.63, 3.8) is 0 Å². The molecule has 1 fully saturated rings. The summed E-state index contributed by atoms with van der Waals surface area (Å²) in [5.74, 6) is -1.92. The van der Waals surface area contributed by atoms with E-state index in [1.165, 1.54) is 35.2 Å². The van der Waals surface area contributed by atoms with Gasteiger partial charge in [0.05, 0.1) is 31.9 Å². The van der Waals surface area contributed by atoms with Gasteiger partial charge in [0.1, 0.15) is 0 Å². The summed E-state index contributed by atoms with van der Waals surface area (Å²) in [4.78, 5) is 52.3. The number of benzene rings is 5. The van der Waals surface area contributed by atoms with Gasteiger partial charge in [0.2, 0.25) is 0 Å². The monoisotopic (exact) mass is 683 g/mol. The van der Waals surface area contributed by atoms with Crippen LogP contribution in [0, 0.1) is 10.1 Å². The largest absolute Gasteiger partial charge is 0.390 e. The quantitative estimate of drug-likeness (QED) is 0.0400. The molecule has 0 spiro atoms. The predicted molar refractivity (Wildman–Crippen MR) is 190 cm³/mol. The molecule has 1 saturated heterocycles. The van der Waals surface area contributed by atoms with Gasteiger partial charge in [-0.2, -0.15) is 0 Å². The summed E-state index contributed by atoms with van der Waals surface area (Å²) in [5.41, 5.74) is 3.89. The lowest BCUT2D eigenvalue weighted by Gasteiger charge is -2.37. The molecule has 3 atom stereocenters. The average molecular weight is 684 g/mol. The minimum Gasteiger partial charge on any atom is -0.390 e. The first kappa shape index (κ1) is 32.9. The van der Waals surface area contributed by atoms with Gasteiger partial charge in [0.25, 0.3) is 11.8 Å². The number of ether oxygens (including phenoxy) is 1. The molecule has 2 heterocycles. The standard InChI is InChI=1S/C40H33N3O6S/c44-36-34-22-21-28(39(46)49-38(43(47)48)27-13-5-1-6-14-27)23-35(34)37(45)42(36)26-32-24-33(25-41-32)50-40(29-15-7-2-8-16-29,30-17-9-3-10-18-30)31-19-11-4-12-20-31/h1-23,32-33,38,41H,24-26H2. The summed E-state index contributed by atoms with van der Waals surface area (Å²) < 4.78 is 4.73. The van der Waals surface area contributed by atoms with E-state index in [1.807, 2.05) is 30.0 Å². The molecule has 5 aromatic rings. The number of nitrogens with zero attached hydrogens (tertiary/aromatic N) is 2. The van der Waals surface area contributed by atoms with Crippen molar-refractivity contribution >= 4 is 29.5 Å². The molecule has 9 nitrogen and oxygen atoms in total. The Morgan fingerprint density at radius 2 is 1.32 bits per heavy atom. The summed E-state index contributed by atoms with van der Waals surface area (Å²) in [6.07, 6.45) is -1.000. The zero-order chi connectivity index (χ0) is 34.7. The fourth-order valence-electron chi connectivity index (χ4n) is 6.81. The van der Waals surface area contributed by atoms with Gasteiger partial charge in [-0.3, -0.25) is 24.6 Å². The number of fused-ring (bicyclic) bond motifs is 1. The Morgan fingerprint density at radius 1 is 0.800 bits per heavy atom. The Kier molecular flexibility index (Phi) is 9.29. The van der Waals surface area contributed by atoms with Crippen molar-refractivity contribution in [1.29, 1.82) is 0 Å². The van der Waals surface area contributed by atoms with Crippen LogP contribution >= 0.6 is 11.8 Å². The molecule has 0 radical (unpaired) electrons. The molecular weight excluding hydrogens is 651 g/mol. The van der Waals surface area contributed by atoms with Gasteiger partial charge < -0.3 is 10.1 Å². The minimum atomic E-state index is -1.71. The Balaban J connectivity index is 1.08. The van der Waals surface area contributed by atoms with Crippen LogP contribution in [-0.4, -0.2) is 52.0 Å². The van der Waals surface area contributed by atoms with Crippen LogP contribution in [0.1, 0.15) is 66.0 Å². The van der Waals surface area contributed by atoms with Crippen LogP contribution in [0.3, 0.4) is 0 Å². The lowest BCUT2D eigenvalue weighted by Crippen LogP contribution is -2.40. The lowest BCUT2D eigenvalue weighted by molar-refractivity contribution is -0.574. The molecule has 250 valence electrons. The number of esters is 1. The number of thioether (sulfide) groups is 1. The van der Waals surface area contributed by atoms with E-state index in [2.05, 4.69) is 78.1 Å². The number of hydrogen-bond donors (Lipinski definition) is 1. The first-order chi connectivity index (χ1) is 24.3. The molecule has 2 aliphatic heterocycles. The molecule has 0 aromatic heterocycles. The van der Waals surface area contributed by atoms with Crippen LogP contribution in [0.4, 0.5) is 0 Å². The number of carbonyl (C=O) groups is 3. The molecule has 2 amide bonds. The molecular formula is C40H33N3O6S. The average Bonchev–Trinajstić information content (AvgIpc) is 3.71. The van der Waals surface area contributed by atoms with Crippen molar-refractivity contribution in [2.24, 2.45) is 0 Å². The third-order valence-electron chi connectivity index (χ3n) is 9.17. The highest BCUT2D eigenvalue weighted by atomic mass is 32.2. The summed E-state index contributed by atoms with van der Waals surface area (Å²) in [6, 6.07) is 43.2. The van der Waals surface area contributed by atoms with Gasteiger partial charge in [0.15, 0.2) is 0 Å². The van der Waals surface area contributed by atoms with Gasteiger partial charge in [0, 0.05) is 24.4 Å². The molecule has 0 aliphatic carbocycles. The van der Waals surface area contributed by atoms with Crippen molar-refractivity contribution in [2.45, 2.75) is 28.7 Å². The highest BCUT2D eigenvalue weighted by Gasteiger charge is 2.43. The van der Waals surface area contributed by atoms with E-state index in [1.54, 1.807) is 18.2 Å². The third-order valence-corrected chi connectivity index (χ3v) is 10.9. The van der Waals surface area contributed by atoms with Crippen LogP contribution in [0.2, 0.25) is 0 Å². The van der Waals surface area contributed by atoms with E-state index in [9.17, 15) is 24.5 Å². The second-order valence-corrected chi connectivity index (χ2v) is 13.8. The number of rotatable bonds is 11. The molecule has 0 saturated carbocycles. The van der Waals surface area contributed by atoms with Crippen LogP contribution in [0.15, 0.2) is 140 Å². The maximum absolute atomic E-state index is 13.6. The molecule has 10 heteroatoms. The molecule has 2 aliphatic rings. The van der Waals surface area contributed by atoms with Crippen molar-refractivity contribution in [3.8, 4) is 0 Å². The number of amides is 2. The van der Waals surface area contributed by atoms with Crippen LogP contribution in [-0.2, 0) is 9.48 Å². The van der Waals surface area contributed by atoms with E-state index in [0.29, 0.717) is 13.0 Å². The second kappa shape index (κ2) is 14.1. The predicted octanol–water partition coefficient (Wildman–Crippen LogP) is 6.87. The summed E-state index contributed by atoms with van der Waals surface area (Å²) in [5, 5.41) is 15.4. The maximum Gasteiger partial charge on any atom is 0.383 e. The Labute approximate surface area is 293 Å². The maximum atomic E-state index is 13.6. The number of imide groups is 1.